The van der Waals surface area contributed by atoms with Crippen molar-refractivity contribution in [1.29, 1.82) is 0 Å². The Morgan fingerprint density at radius 1 is 1.41 bits per heavy atom. The van der Waals surface area contributed by atoms with Gasteiger partial charge in [0.2, 0.25) is 0 Å². The van der Waals surface area contributed by atoms with Gasteiger partial charge in [-0.2, -0.15) is 0 Å². The van der Waals surface area contributed by atoms with Gasteiger partial charge in [0.1, 0.15) is 5.75 Å². The van der Waals surface area contributed by atoms with Crippen LogP contribution in [0.15, 0.2) is 24.8 Å². The summed E-state index contributed by atoms with van der Waals surface area (Å²) in [6.45, 7) is 6.77. The number of rotatable bonds is 4. The predicted octanol–water partition coefficient (Wildman–Crippen LogP) is 2.93. The monoisotopic (exact) mass is 369 g/mol. The van der Waals surface area contributed by atoms with Crippen LogP contribution in [0.2, 0.25) is 5.02 Å². The standard InChI is InChI=1S/C13H16ClN3O3.2ClH/c1-2-10(16-7-5-15-6-8-16)12-11(17(19)20)4-3-9(14)13(12)18;;/h2-4,10,15,18H,1,5-8H2;2*1H/t10-;;/m0../s1. The molecule has 124 valence electrons. The van der Waals surface area contributed by atoms with Gasteiger partial charge in [0.05, 0.1) is 21.6 Å². The maximum absolute atomic E-state index is 11.2. The Morgan fingerprint density at radius 2 is 2.00 bits per heavy atom. The molecule has 0 unspecified atom stereocenters. The van der Waals surface area contributed by atoms with Crippen molar-refractivity contribution in [2.45, 2.75) is 6.04 Å². The van der Waals surface area contributed by atoms with Gasteiger partial charge in [0.15, 0.2) is 0 Å². The molecular weight excluding hydrogens is 353 g/mol. The van der Waals surface area contributed by atoms with E-state index in [4.69, 9.17) is 11.6 Å². The number of nitrogens with one attached hydrogen (secondary N) is 1. The average Bonchev–Trinajstić information content (AvgIpc) is 2.45. The Kier molecular flexibility index (Phi) is 8.73. The summed E-state index contributed by atoms with van der Waals surface area (Å²) in [7, 11) is 0. The fourth-order valence-electron chi connectivity index (χ4n) is 2.43. The highest BCUT2D eigenvalue weighted by atomic mass is 35.5. The van der Waals surface area contributed by atoms with Crippen molar-refractivity contribution in [3.05, 3.63) is 45.5 Å². The third-order valence-corrected chi connectivity index (χ3v) is 3.71. The molecule has 1 aliphatic heterocycles. The van der Waals surface area contributed by atoms with Gasteiger partial charge in [0, 0.05) is 32.2 Å². The number of halogens is 3. The van der Waals surface area contributed by atoms with E-state index >= 15 is 0 Å². The van der Waals surface area contributed by atoms with E-state index in [1.165, 1.54) is 12.1 Å². The first-order chi connectivity index (χ1) is 9.56. The first-order valence-electron chi connectivity index (χ1n) is 6.29. The molecule has 0 radical (unpaired) electrons. The fourth-order valence-corrected chi connectivity index (χ4v) is 2.60. The smallest absolute Gasteiger partial charge is 0.278 e. The van der Waals surface area contributed by atoms with E-state index in [0.29, 0.717) is 0 Å². The Hall–Kier alpha value is -1.05. The maximum atomic E-state index is 11.2. The van der Waals surface area contributed by atoms with Crippen molar-refractivity contribution in [2.24, 2.45) is 0 Å². The van der Waals surface area contributed by atoms with Crippen molar-refractivity contribution >= 4 is 42.1 Å². The van der Waals surface area contributed by atoms with Crippen molar-refractivity contribution in [3.8, 4) is 5.75 Å². The third kappa shape index (κ3) is 4.24. The molecule has 0 aliphatic carbocycles. The van der Waals surface area contributed by atoms with Crippen LogP contribution in [0.3, 0.4) is 0 Å². The number of benzene rings is 1. The largest absolute Gasteiger partial charge is 0.506 e. The van der Waals surface area contributed by atoms with Crippen LogP contribution < -0.4 is 5.32 Å². The lowest BCUT2D eigenvalue weighted by Gasteiger charge is -2.33. The normalized spacial score (nSPS) is 16.0. The number of hydrogen-bond donors (Lipinski definition) is 2. The second-order valence-corrected chi connectivity index (χ2v) is 4.96. The van der Waals surface area contributed by atoms with Gasteiger partial charge in [-0.1, -0.05) is 17.7 Å². The molecule has 9 heteroatoms. The molecule has 0 bridgehead atoms. The van der Waals surface area contributed by atoms with E-state index in [1.54, 1.807) is 6.08 Å². The number of nitro groups is 1. The summed E-state index contributed by atoms with van der Waals surface area (Å²) in [4.78, 5) is 12.7. The van der Waals surface area contributed by atoms with Gasteiger partial charge >= 0.3 is 0 Å². The van der Waals surface area contributed by atoms with Crippen molar-refractivity contribution in [2.75, 3.05) is 26.2 Å². The van der Waals surface area contributed by atoms with Crippen LogP contribution in [0.1, 0.15) is 11.6 Å². The van der Waals surface area contributed by atoms with E-state index in [9.17, 15) is 15.2 Å². The molecule has 1 heterocycles. The van der Waals surface area contributed by atoms with E-state index in [-0.39, 0.29) is 46.8 Å². The minimum Gasteiger partial charge on any atom is -0.506 e. The summed E-state index contributed by atoms with van der Waals surface area (Å²) >= 11 is 5.89. The summed E-state index contributed by atoms with van der Waals surface area (Å²) < 4.78 is 0. The first kappa shape index (κ1) is 20.9. The summed E-state index contributed by atoms with van der Waals surface area (Å²) in [6, 6.07) is 2.21. The van der Waals surface area contributed by atoms with Gasteiger partial charge < -0.3 is 10.4 Å². The van der Waals surface area contributed by atoms with E-state index in [1.807, 2.05) is 4.90 Å². The predicted molar refractivity (Wildman–Crippen MR) is 91.6 cm³/mol. The molecule has 0 aromatic heterocycles. The van der Waals surface area contributed by atoms with Gasteiger partial charge in [0.25, 0.3) is 5.69 Å². The van der Waals surface area contributed by atoms with Gasteiger partial charge in [-0.25, -0.2) is 0 Å². The molecule has 1 saturated heterocycles. The Balaban J connectivity index is 0.00000220. The second-order valence-electron chi connectivity index (χ2n) is 4.55. The minimum absolute atomic E-state index is 0. The molecule has 1 aliphatic rings. The van der Waals surface area contributed by atoms with Crippen molar-refractivity contribution in [1.82, 2.24) is 10.2 Å². The van der Waals surface area contributed by atoms with E-state index in [0.717, 1.165) is 26.2 Å². The molecule has 2 N–H and O–H groups in total. The average molecular weight is 371 g/mol. The lowest BCUT2D eigenvalue weighted by molar-refractivity contribution is -0.386. The zero-order chi connectivity index (χ0) is 14.7. The Bertz CT molecular complexity index is 537. The van der Waals surface area contributed by atoms with Crippen LogP contribution in [0.5, 0.6) is 5.75 Å². The number of aromatic hydroxyl groups is 1. The summed E-state index contributed by atoms with van der Waals surface area (Å²) in [5, 5.41) is 24.6. The van der Waals surface area contributed by atoms with Crippen LogP contribution in [-0.4, -0.2) is 41.1 Å². The Labute approximate surface area is 146 Å². The van der Waals surface area contributed by atoms with Gasteiger partial charge in [-0.15, -0.1) is 31.4 Å². The van der Waals surface area contributed by atoms with Crippen LogP contribution in [0.25, 0.3) is 0 Å². The lowest BCUT2D eigenvalue weighted by Crippen LogP contribution is -2.44. The maximum Gasteiger partial charge on any atom is 0.278 e. The van der Waals surface area contributed by atoms with Crippen LogP contribution >= 0.6 is 36.4 Å². The van der Waals surface area contributed by atoms with E-state index < -0.39 is 11.0 Å². The van der Waals surface area contributed by atoms with Gasteiger partial charge in [-0.3, -0.25) is 15.0 Å². The number of hydrogen-bond acceptors (Lipinski definition) is 5. The zero-order valence-electron chi connectivity index (χ0n) is 11.7. The quantitative estimate of drug-likeness (QED) is 0.484. The van der Waals surface area contributed by atoms with Crippen LogP contribution in [0, 0.1) is 10.1 Å². The van der Waals surface area contributed by atoms with Crippen LogP contribution in [-0.2, 0) is 0 Å². The summed E-state index contributed by atoms with van der Waals surface area (Å²) in [5.74, 6) is -0.246. The topological polar surface area (TPSA) is 78.6 Å². The van der Waals surface area contributed by atoms with Crippen molar-refractivity contribution in [3.63, 3.8) is 0 Å². The third-order valence-electron chi connectivity index (χ3n) is 3.41. The SMILES string of the molecule is C=C[C@@H](c1c([N+](=O)[O-])ccc(Cl)c1O)N1CCNCC1.Cl.Cl. The summed E-state index contributed by atoms with van der Waals surface area (Å²) in [6.07, 6.45) is 1.60. The van der Waals surface area contributed by atoms with E-state index in [2.05, 4.69) is 11.9 Å². The summed E-state index contributed by atoms with van der Waals surface area (Å²) in [5.41, 5.74) is 0.0646. The fraction of sp³-hybridized carbons (Fsp3) is 0.385. The number of piperazine rings is 1. The molecule has 0 spiro atoms. The second kappa shape index (κ2) is 9.17. The lowest BCUT2D eigenvalue weighted by atomic mass is 10.0. The number of phenols is 1. The molecule has 0 saturated carbocycles. The molecule has 0 amide bonds. The first-order valence-corrected chi connectivity index (χ1v) is 6.67. The highest BCUT2D eigenvalue weighted by Gasteiger charge is 2.30. The Morgan fingerprint density at radius 3 is 2.50 bits per heavy atom. The number of nitro benzene ring substituents is 1. The number of phenolic OH excluding ortho intramolecular Hbond substituents is 1. The molecule has 1 aromatic rings. The minimum atomic E-state index is -0.510. The number of nitrogens with zero attached hydrogens (tertiary/aromatic N) is 2. The van der Waals surface area contributed by atoms with Gasteiger partial charge in [-0.05, 0) is 6.07 Å². The highest BCUT2D eigenvalue weighted by Crippen LogP contribution is 2.41. The molecule has 22 heavy (non-hydrogen) atoms. The van der Waals surface area contributed by atoms with Crippen LogP contribution in [0.4, 0.5) is 5.69 Å². The highest BCUT2D eigenvalue weighted by molar-refractivity contribution is 6.32. The van der Waals surface area contributed by atoms with Crippen molar-refractivity contribution < 1.29 is 10.0 Å². The molecule has 1 fully saturated rings. The molecule has 1 aromatic carbocycles. The molecular formula is C13H18Cl3N3O3. The molecule has 2 rings (SSSR count). The molecule has 1 atom stereocenters. The molecule has 6 nitrogen and oxygen atoms in total. The zero-order valence-corrected chi connectivity index (χ0v) is 14.1.